The summed E-state index contributed by atoms with van der Waals surface area (Å²) < 4.78 is 106. The summed E-state index contributed by atoms with van der Waals surface area (Å²) in [6.45, 7) is 14.6. The second-order valence-corrected chi connectivity index (χ2v) is 27.0. The molecule has 0 radical (unpaired) electrons. The number of aliphatic hydroxyl groups excluding tert-OH is 8. The van der Waals surface area contributed by atoms with Crippen molar-refractivity contribution in [3.63, 3.8) is 0 Å². The van der Waals surface area contributed by atoms with E-state index in [2.05, 4.69) is 38.0 Å². The molecule has 1 spiro atoms. The first kappa shape index (κ1) is 67.5. The monoisotopic (exact) mass is 1220 g/mol. The summed E-state index contributed by atoms with van der Waals surface area (Å²) in [5, 5.41) is 99.2. The van der Waals surface area contributed by atoms with E-state index in [1.165, 1.54) is 21.0 Å². The molecule has 0 bridgehead atoms. The largest absolute Gasteiger partial charge is 1.00 e. The molecule has 5 heterocycles. The third kappa shape index (κ3) is 12.2. The summed E-state index contributed by atoms with van der Waals surface area (Å²) in [6, 6.07) is 0. The Kier molecular flexibility index (Phi) is 20.1. The molecule has 83 heavy (non-hydrogen) atoms. The fourth-order valence-corrected chi connectivity index (χ4v) is 16.7. The van der Waals surface area contributed by atoms with Crippen LogP contribution in [-0.4, -0.2) is 232 Å². The molecule has 0 amide bonds. The number of hydrogen-bond acceptors (Lipinski definition) is 26. The molecule has 0 aromatic rings. The zero-order valence-corrected chi connectivity index (χ0v) is 51.8. The topological polar surface area (TPSA) is 384 Å². The Morgan fingerprint density at radius 1 is 0.807 bits per heavy atom. The van der Waals surface area contributed by atoms with Gasteiger partial charge in [-0.1, -0.05) is 51.5 Å². The third-order valence-electron chi connectivity index (χ3n) is 20.0. The minimum atomic E-state index is -5.43. The van der Waals surface area contributed by atoms with Gasteiger partial charge in [0.2, 0.25) is 10.4 Å². The van der Waals surface area contributed by atoms with Crippen molar-refractivity contribution in [3.05, 3.63) is 23.8 Å². The molecule has 5 aliphatic heterocycles. The summed E-state index contributed by atoms with van der Waals surface area (Å²) in [7, 11) is -4.19. The van der Waals surface area contributed by atoms with Crippen LogP contribution >= 0.6 is 0 Å². The van der Waals surface area contributed by atoms with Crippen molar-refractivity contribution >= 4 is 22.3 Å². The number of hydrogen-bond donors (Lipinski definition) is 9. The number of ether oxygens (including phenoxy) is 11. The van der Waals surface area contributed by atoms with E-state index in [0.29, 0.717) is 44.9 Å². The van der Waals surface area contributed by atoms with Crippen molar-refractivity contribution in [2.75, 3.05) is 26.9 Å². The SMILES string of the molecule is COC1C(O)COC(OC2C(O)C(CO)OC(OC3C(C)OC(OC4C(OC5CCC6(C)C7CCC89C(=O)O[C@@](C)(C/C=C/C(C)(C)O)C8[C@@H](OC(C)=O)C[C@@]9(C)C7=CCC6C5(C)C)OCC(OS(=O)(=O)[O-])C4O)C(O)C3O)C2O)C1O.[Na+]. The van der Waals surface area contributed by atoms with Crippen molar-refractivity contribution in [1.82, 2.24) is 0 Å². The minimum absolute atomic E-state index is 0. The Labute approximate surface area is 505 Å². The van der Waals surface area contributed by atoms with Crippen LogP contribution in [0.15, 0.2) is 23.8 Å². The van der Waals surface area contributed by atoms with Crippen LogP contribution in [0, 0.1) is 39.4 Å². The number of esters is 2. The standard InChI is InChI=1S/C55H86O26S.Na/c1-24-40(77-47-39(64)42(34(59)30(21-56)75-47)78-45-38(63)41(70-10)28(58)22-71-45)36(61)37(62)46(73-24)79-43-35(60)31(81-82(67,68)69)23-72-48(43)76-33-15-18-52(7)26-14-19-55-44(54(9,80-49(55)65)17-11-16-50(3,4)66)29(74-25(2)57)20-53(55,8)27(26)12-13-32(52)51(33,5)6;/h11-12,16,24,26,28-48,56,58-64,66H,13-15,17-23H2,1-10H3,(H,67,68,69);/q;+1/p-1/b16-11+;/t24?,26?,28?,29-,30?,31?,32?,33?,34?,35?,36?,37?,38?,39?,40?,41?,42?,43?,44?,45?,46?,47?,48?,52?,53-,54-,55?;/m0./s1. The van der Waals surface area contributed by atoms with Gasteiger partial charge in [0.1, 0.15) is 91.1 Å². The Balaban J connectivity index is 0.00000900. The first-order valence-corrected chi connectivity index (χ1v) is 29.7. The second kappa shape index (κ2) is 24.7. The molecule has 28 heteroatoms. The van der Waals surface area contributed by atoms with E-state index >= 15 is 0 Å². The molecule has 0 aromatic carbocycles. The summed E-state index contributed by atoms with van der Waals surface area (Å²) in [4.78, 5) is 27.4. The van der Waals surface area contributed by atoms with Crippen molar-refractivity contribution in [2.45, 2.75) is 241 Å². The number of methoxy groups -OCH3 is 1. The number of allylic oxidation sites excluding steroid dienone is 2. The minimum Gasteiger partial charge on any atom is -0.726 e. The maximum absolute atomic E-state index is 14.7. The summed E-state index contributed by atoms with van der Waals surface area (Å²) in [5.74, 6) is -1.32. The van der Waals surface area contributed by atoms with Crippen LogP contribution in [0.2, 0.25) is 0 Å². The van der Waals surface area contributed by atoms with Crippen molar-refractivity contribution in [2.24, 2.45) is 39.4 Å². The molecule has 0 aromatic heterocycles. The molecule has 9 N–H and O–H groups in total. The molecule has 4 aliphatic carbocycles. The molecule has 27 atom stereocenters. The van der Waals surface area contributed by atoms with Crippen LogP contribution in [0.4, 0.5) is 0 Å². The Morgan fingerprint density at radius 2 is 1.45 bits per heavy atom. The van der Waals surface area contributed by atoms with Crippen LogP contribution < -0.4 is 29.6 Å². The molecular weight excluding hydrogens is 1130 g/mol. The average Bonchev–Trinajstić information content (AvgIpc) is 1.55. The van der Waals surface area contributed by atoms with E-state index in [-0.39, 0.29) is 59.4 Å². The number of fused-ring (bicyclic) bond motifs is 4. The van der Waals surface area contributed by atoms with Gasteiger partial charge < -0.3 is 103 Å². The normalized spacial score (nSPS) is 48.9. The van der Waals surface area contributed by atoms with Gasteiger partial charge in [-0.3, -0.25) is 13.8 Å². The molecule has 9 aliphatic rings. The molecule has 9 rings (SSSR count). The number of carbonyl (C=O) groups is 2. The van der Waals surface area contributed by atoms with Crippen LogP contribution in [0.25, 0.3) is 0 Å². The third-order valence-corrected chi connectivity index (χ3v) is 20.5. The van der Waals surface area contributed by atoms with Gasteiger partial charge in [-0.15, -0.1) is 0 Å². The zero-order valence-electron chi connectivity index (χ0n) is 49.0. The molecule has 26 nitrogen and oxygen atoms in total. The van der Waals surface area contributed by atoms with Gasteiger partial charge in [0.15, 0.2) is 25.2 Å². The molecule has 468 valence electrons. The fraction of sp³-hybridized carbons (Fsp3) is 0.891. The Bertz CT molecular complexity index is 2500. The second-order valence-electron chi connectivity index (χ2n) is 26.0. The zero-order chi connectivity index (χ0) is 60.2. The van der Waals surface area contributed by atoms with E-state index in [1.807, 2.05) is 13.0 Å². The van der Waals surface area contributed by atoms with Crippen molar-refractivity contribution < 1.29 is 154 Å². The van der Waals surface area contributed by atoms with Gasteiger partial charge in [0.25, 0.3) is 0 Å². The molecule has 5 saturated heterocycles. The summed E-state index contributed by atoms with van der Waals surface area (Å²) in [6.07, 6.45) is -21.9. The number of carbonyl (C=O) groups excluding carboxylic acids is 2. The van der Waals surface area contributed by atoms with Crippen LogP contribution in [-0.2, 0) is 76.3 Å². The average molecular weight is 1220 g/mol. The summed E-state index contributed by atoms with van der Waals surface area (Å²) in [5.41, 5.74) is -3.77. The van der Waals surface area contributed by atoms with Crippen LogP contribution in [0.5, 0.6) is 0 Å². The number of aliphatic hydroxyl groups is 9. The van der Waals surface area contributed by atoms with Crippen molar-refractivity contribution in [1.29, 1.82) is 0 Å². The fourth-order valence-electron chi connectivity index (χ4n) is 16.2. The first-order valence-electron chi connectivity index (χ1n) is 28.4. The maximum Gasteiger partial charge on any atom is 1.00 e. The molecular formula is C55H85NaO26S. The van der Waals surface area contributed by atoms with Gasteiger partial charge >= 0.3 is 41.5 Å². The number of cyclic esters (lactones) is 1. The van der Waals surface area contributed by atoms with Crippen LogP contribution in [0.1, 0.15) is 107 Å². The molecule has 3 saturated carbocycles. The van der Waals surface area contributed by atoms with Gasteiger partial charge in [-0.25, -0.2) is 8.42 Å². The van der Waals surface area contributed by atoms with Crippen molar-refractivity contribution in [3.8, 4) is 0 Å². The molecule has 24 unspecified atom stereocenters. The van der Waals surface area contributed by atoms with E-state index in [1.54, 1.807) is 19.9 Å². The molecule has 8 fully saturated rings. The maximum atomic E-state index is 14.7. The van der Waals surface area contributed by atoms with E-state index in [4.69, 9.17) is 52.1 Å². The van der Waals surface area contributed by atoms with Gasteiger partial charge in [0.05, 0.1) is 49.0 Å². The van der Waals surface area contributed by atoms with E-state index in [0.717, 1.165) is 5.57 Å². The first-order chi connectivity index (χ1) is 38.2. The predicted molar refractivity (Wildman–Crippen MR) is 275 cm³/mol. The van der Waals surface area contributed by atoms with E-state index < -0.39 is 186 Å². The smallest absolute Gasteiger partial charge is 0.726 e. The number of rotatable bonds is 16. The van der Waals surface area contributed by atoms with Crippen LogP contribution in [0.3, 0.4) is 0 Å². The van der Waals surface area contributed by atoms with Gasteiger partial charge in [-0.05, 0) is 88.9 Å². The van der Waals surface area contributed by atoms with Gasteiger partial charge in [-0.2, -0.15) is 0 Å². The Morgan fingerprint density at radius 3 is 2.08 bits per heavy atom. The van der Waals surface area contributed by atoms with Gasteiger partial charge in [0, 0.05) is 25.9 Å². The summed E-state index contributed by atoms with van der Waals surface area (Å²) >= 11 is 0. The quantitative estimate of drug-likeness (QED) is 0.0236. The Hall–Kier alpha value is -1.43. The van der Waals surface area contributed by atoms with E-state index in [9.17, 15) is 68.5 Å². The predicted octanol–water partition coefficient (Wildman–Crippen LogP) is -3.75.